The van der Waals surface area contributed by atoms with Crippen LogP contribution >= 0.6 is 11.3 Å². The Labute approximate surface area is 190 Å². The van der Waals surface area contributed by atoms with Gasteiger partial charge < -0.3 is 10.1 Å². The number of nitriles is 1. The summed E-state index contributed by atoms with van der Waals surface area (Å²) in [5, 5.41) is 13.7. The molecule has 3 rings (SSSR count). The van der Waals surface area contributed by atoms with Gasteiger partial charge in [0.25, 0.3) is 0 Å². The van der Waals surface area contributed by atoms with Crippen molar-refractivity contribution in [2.75, 3.05) is 16.8 Å². The molecule has 3 aromatic rings. The molecule has 1 aromatic heterocycles. The maximum absolute atomic E-state index is 12.3. The van der Waals surface area contributed by atoms with Crippen LogP contribution in [0.5, 0.6) is 5.75 Å². The average Bonchev–Trinajstić information content (AvgIpc) is 3.24. The van der Waals surface area contributed by atoms with E-state index in [1.807, 2.05) is 30.3 Å². The van der Waals surface area contributed by atoms with Gasteiger partial charge in [-0.2, -0.15) is 5.26 Å². The summed E-state index contributed by atoms with van der Waals surface area (Å²) in [7, 11) is 0. The molecular formula is C24H22N4O3S. The number of nitrogens with zero attached hydrogens (tertiary/aromatic N) is 3. The summed E-state index contributed by atoms with van der Waals surface area (Å²) in [6, 6.07) is 18.4. The zero-order chi connectivity index (χ0) is 22.8. The van der Waals surface area contributed by atoms with E-state index in [1.54, 1.807) is 35.7 Å². The standard InChI is InChI=1S/C24H22N4O3S/c1-18(29)28(21-9-3-2-4-10-21)24-27-20(17-32-24)12-13-23(30)26-19-8-7-11-22(16-19)31-15-6-5-14-25/h2-4,7-13,16-17H,5-6,15H2,1H3,(H,26,30). The molecule has 8 heteroatoms. The van der Waals surface area contributed by atoms with E-state index >= 15 is 0 Å². The number of thiazole rings is 1. The summed E-state index contributed by atoms with van der Waals surface area (Å²) < 4.78 is 5.58. The third-order valence-corrected chi connectivity index (χ3v) is 5.08. The van der Waals surface area contributed by atoms with Crippen molar-refractivity contribution >= 4 is 45.7 Å². The largest absolute Gasteiger partial charge is 0.493 e. The summed E-state index contributed by atoms with van der Waals surface area (Å²) in [5.74, 6) is 0.167. The van der Waals surface area contributed by atoms with E-state index in [0.717, 1.165) is 5.69 Å². The van der Waals surface area contributed by atoms with E-state index in [0.29, 0.717) is 41.7 Å². The Morgan fingerprint density at radius 1 is 1.22 bits per heavy atom. The van der Waals surface area contributed by atoms with Crippen molar-refractivity contribution in [1.82, 2.24) is 4.98 Å². The molecule has 32 heavy (non-hydrogen) atoms. The first-order valence-electron chi connectivity index (χ1n) is 9.97. The van der Waals surface area contributed by atoms with Gasteiger partial charge in [0.2, 0.25) is 11.8 Å². The fraction of sp³-hybridized carbons (Fsp3) is 0.167. The number of aromatic nitrogens is 1. The number of ether oxygens (including phenoxy) is 1. The number of unbranched alkanes of at least 4 members (excludes halogenated alkanes) is 1. The normalized spacial score (nSPS) is 10.5. The maximum atomic E-state index is 12.3. The molecule has 0 fully saturated rings. The van der Waals surface area contributed by atoms with Gasteiger partial charge in [-0.05, 0) is 36.8 Å². The van der Waals surface area contributed by atoms with Crippen molar-refractivity contribution in [3.05, 3.63) is 71.7 Å². The summed E-state index contributed by atoms with van der Waals surface area (Å²) in [6.07, 6.45) is 4.08. The molecule has 0 atom stereocenters. The number of hydrogen-bond acceptors (Lipinski definition) is 6. The number of nitrogens with one attached hydrogen (secondary N) is 1. The van der Waals surface area contributed by atoms with Gasteiger partial charge in [-0.1, -0.05) is 24.3 Å². The number of hydrogen-bond donors (Lipinski definition) is 1. The van der Waals surface area contributed by atoms with Crippen LogP contribution < -0.4 is 15.0 Å². The van der Waals surface area contributed by atoms with Gasteiger partial charge in [0.1, 0.15) is 5.75 Å². The Morgan fingerprint density at radius 3 is 2.78 bits per heavy atom. The topological polar surface area (TPSA) is 95.3 Å². The van der Waals surface area contributed by atoms with Gasteiger partial charge in [-0.3, -0.25) is 14.5 Å². The lowest BCUT2D eigenvalue weighted by Crippen LogP contribution is -2.22. The van der Waals surface area contributed by atoms with Crippen LogP contribution in [0.1, 0.15) is 25.5 Å². The predicted octanol–water partition coefficient (Wildman–Crippen LogP) is 5.16. The van der Waals surface area contributed by atoms with Crippen molar-refractivity contribution in [2.24, 2.45) is 0 Å². The highest BCUT2D eigenvalue weighted by Gasteiger charge is 2.17. The second-order valence-corrected chi connectivity index (χ2v) is 7.54. The van der Waals surface area contributed by atoms with E-state index in [9.17, 15) is 9.59 Å². The molecule has 0 saturated carbocycles. The zero-order valence-corrected chi connectivity index (χ0v) is 18.3. The molecule has 0 unspecified atom stereocenters. The summed E-state index contributed by atoms with van der Waals surface area (Å²) in [5.41, 5.74) is 1.91. The Bertz CT molecular complexity index is 1140. The monoisotopic (exact) mass is 446 g/mol. The lowest BCUT2D eigenvalue weighted by molar-refractivity contribution is -0.116. The van der Waals surface area contributed by atoms with E-state index < -0.39 is 0 Å². The quantitative estimate of drug-likeness (QED) is 0.362. The second-order valence-electron chi connectivity index (χ2n) is 6.71. The van der Waals surface area contributed by atoms with Gasteiger partial charge >= 0.3 is 0 Å². The molecule has 0 aliphatic carbocycles. The molecule has 2 aromatic carbocycles. The van der Waals surface area contributed by atoms with E-state index in [2.05, 4.69) is 16.4 Å². The van der Waals surface area contributed by atoms with Gasteiger partial charge in [0.05, 0.1) is 24.1 Å². The maximum Gasteiger partial charge on any atom is 0.248 e. The smallest absolute Gasteiger partial charge is 0.248 e. The lowest BCUT2D eigenvalue weighted by Gasteiger charge is -2.17. The molecule has 0 saturated heterocycles. The Hall–Kier alpha value is -3.96. The number of amides is 2. The number of carbonyl (C=O) groups is 2. The fourth-order valence-corrected chi connectivity index (χ4v) is 3.66. The highest BCUT2D eigenvalue weighted by atomic mass is 32.1. The minimum Gasteiger partial charge on any atom is -0.493 e. The van der Waals surface area contributed by atoms with Crippen molar-refractivity contribution in [3.63, 3.8) is 0 Å². The summed E-state index contributed by atoms with van der Waals surface area (Å²) >= 11 is 1.32. The van der Waals surface area contributed by atoms with Crippen molar-refractivity contribution < 1.29 is 14.3 Å². The molecule has 2 amide bonds. The Morgan fingerprint density at radius 2 is 2.03 bits per heavy atom. The molecule has 1 heterocycles. The van der Waals surface area contributed by atoms with Crippen LogP contribution in [0.2, 0.25) is 0 Å². The van der Waals surface area contributed by atoms with Gasteiger partial charge in [0, 0.05) is 36.6 Å². The number of para-hydroxylation sites is 1. The molecule has 0 aliphatic rings. The summed E-state index contributed by atoms with van der Waals surface area (Å²) in [4.78, 5) is 30.4. The van der Waals surface area contributed by atoms with Crippen LogP contribution in [0.4, 0.5) is 16.5 Å². The molecular weight excluding hydrogens is 424 g/mol. The average molecular weight is 447 g/mol. The number of rotatable bonds is 9. The van der Waals surface area contributed by atoms with Crippen molar-refractivity contribution in [2.45, 2.75) is 19.8 Å². The van der Waals surface area contributed by atoms with Crippen LogP contribution in [0.25, 0.3) is 6.08 Å². The molecule has 0 spiro atoms. The molecule has 0 aliphatic heterocycles. The van der Waals surface area contributed by atoms with Crippen LogP contribution in [-0.4, -0.2) is 23.4 Å². The molecule has 1 N–H and O–H groups in total. The first kappa shape index (κ1) is 22.7. The molecule has 0 bridgehead atoms. The molecule has 0 radical (unpaired) electrons. The van der Waals surface area contributed by atoms with E-state index in [1.165, 1.54) is 29.2 Å². The fourth-order valence-electron chi connectivity index (χ4n) is 2.81. The number of anilines is 3. The number of benzene rings is 2. The van der Waals surface area contributed by atoms with Gasteiger partial charge in [0.15, 0.2) is 5.13 Å². The van der Waals surface area contributed by atoms with Crippen molar-refractivity contribution in [3.8, 4) is 11.8 Å². The second kappa shape index (κ2) is 11.4. The Kier molecular flexibility index (Phi) is 8.12. The number of carbonyl (C=O) groups excluding carboxylic acids is 2. The molecule has 7 nitrogen and oxygen atoms in total. The van der Waals surface area contributed by atoms with E-state index in [-0.39, 0.29) is 11.8 Å². The third-order valence-electron chi connectivity index (χ3n) is 4.24. The van der Waals surface area contributed by atoms with Crippen LogP contribution in [0.3, 0.4) is 0 Å². The lowest BCUT2D eigenvalue weighted by atomic mass is 10.3. The van der Waals surface area contributed by atoms with E-state index in [4.69, 9.17) is 10.00 Å². The van der Waals surface area contributed by atoms with Crippen LogP contribution in [-0.2, 0) is 9.59 Å². The Balaban J connectivity index is 1.61. The molecule has 162 valence electrons. The first-order chi connectivity index (χ1) is 15.6. The highest BCUT2D eigenvalue weighted by molar-refractivity contribution is 7.14. The minimum absolute atomic E-state index is 0.145. The van der Waals surface area contributed by atoms with Crippen molar-refractivity contribution in [1.29, 1.82) is 5.26 Å². The van der Waals surface area contributed by atoms with Crippen LogP contribution in [0, 0.1) is 11.3 Å². The predicted molar refractivity (Wildman–Crippen MR) is 126 cm³/mol. The zero-order valence-electron chi connectivity index (χ0n) is 17.5. The van der Waals surface area contributed by atoms with Gasteiger partial charge in [-0.25, -0.2) is 4.98 Å². The van der Waals surface area contributed by atoms with Crippen LogP contribution in [0.15, 0.2) is 66.1 Å². The summed E-state index contributed by atoms with van der Waals surface area (Å²) in [6.45, 7) is 1.93. The third kappa shape index (κ3) is 6.52. The SMILES string of the molecule is CC(=O)N(c1ccccc1)c1nc(C=CC(=O)Nc2cccc(OCCCC#N)c2)cs1. The highest BCUT2D eigenvalue weighted by Crippen LogP contribution is 2.29. The first-order valence-corrected chi connectivity index (χ1v) is 10.8. The van der Waals surface area contributed by atoms with Gasteiger partial charge in [-0.15, -0.1) is 11.3 Å². The minimum atomic E-state index is -0.312.